The second-order valence-electron chi connectivity index (χ2n) is 11.7. The Hall–Kier alpha value is -1.20. The fourth-order valence-corrected chi connectivity index (χ4v) is 5.98. The van der Waals surface area contributed by atoms with Crippen molar-refractivity contribution in [3.63, 3.8) is 0 Å². The monoisotopic (exact) mass is 544 g/mol. The van der Waals surface area contributed by atoms with E-state index in [1.54, 1.807) is 0 Å². The molecule has 13 heteroatoms. The van der Waals surface area contributed by atoms with E-state index in [9.17, 15) is 9.90 Å². The Morgan fingerprint density at radius 3 is 2.57 bits per heavy atom. The third kappa shape index (κ3) is 6.77. The summed E-state index contributed by atoms with van der Waals surface area (Å²) in [6, 6.07) is 0.997. The minimum atomic E-state index is -2.08. The second kappa shape index (κ2) is 10.7. The van der Waals surface area contributed by atoms with E-state index < -0.39 is 40.9 Å². The van der Waals surface area contributed by atoms with E-state index in [4.69, 9.17) is 24.4 Å². The van der Waals surface area contributed by atoms with Crippen molar-refractivity contribution in [1.82, 2.24) is 14.5 Å². The number of nitrogen functional groups attached to an aromatic ring is 1. The number of rotatable bonds is 10. The highest BCUT2D eigenvalue weighted by Crippen LogP contribution is 2.39. The Bertz CT molecular complexity index is 1060. The molecule has 0 unspecified atom stereocenters. The predicted octanol–water partition coefficient (Wildman–Crippen LogP) is 3.41. The third-order valence-corrected chi connectivity index (χ3v) is 13.8. The van der Waals surface area contributed by atoms with E-state index in [1.165, 1.54) is 10.8 Å². The lowest BCUT2D eigenvalue weighted by Crippen LogP contribution is -2.44. The first-order chi connectivity index (χ1) is 16.1. The molecule has 0 aliphatic carbocycles. The molecule has 198 valence electrons. The first kappa shape index (κ1) is 28.4. The molecule has 2 aromatic rings. The highest BCUT2D eigenvalue weighted by atomic mass is 32.1. The van der Waals surface area contributed by atoms with Crippen LogP contribution in [-0.2, 0) is 18.6 Å². The Labute approximate surface area is 212 Å². The molecule has 1 fully saturated rings. The van der Waals surface area contributed by atoms with Crippen molar-refractivity contribution in [1.29, 1.82) is 0 Å². The number of aromatic nitrogens is 3. The van der Waals surface area contributed by atoms with Crippen LogP contribution in [0.1, 0.15) is 27.0 Å². The van der Waals surface area contributed by atoms with Gasteiger partial charge in [0, 0.05) is 14.7 Å². The van der Waals surface area contributed by atoms with Crippen molar-refractivity contribution < 1.29 is 23.7 Å². The lowest BCUT2D eigenvalue weighted by atomic mass is 10.1. The highest BCUT2D eigenvalue weighted by Gasteiger charge is 2.48. The number of thiazole rings is 1. The summed E-state index contributed by atoms with van der Waals surface area (Å²) in [5.74, 6) is 0.0487. The standard InChI is InChI=1S/C22H40N4O6SSi2/c1-22(2,3)35(7,8)31-12-14-16(27)17(30-13-29-9-10-34(4,5)6)19(32-14)26-18-15(33-21(26)28)11-24-20(23)25-18/h11,14,16-17,19,27H,9-10,12-13H2,1-8H3,(H2,23,24,25)/t14-,16-,17-,19-/m1/s1. The molecule has 1 aliphatic rings. The fraction of sp³-hybridized carbons (Fsp3) is 0.773. The van der Waals surface area contributed by atoms with Crippen LogP contribution in [0.15, 0.2) is 11.0 Å². The molecular formula is C22H40N4O6SSi2. The SMILES string of the molecule is CC(C)(C)[Si](C)(C)OC[C@H]1O[C@@H](n2c(=O)sc3cnc(N)nc32)[C@H](OCOCC[Si](C)(C)C)[C@@H]1O. The van der Waals surface area contributed by atoms with Crippen molar-refractivity contribution >= 4 is 44.0 Å². The third-order valence-electron chi connectivity index (χ3n) is 6.70. The first-order valence-electron chi connectivity index (χ1n) is 11.9. The van der Waals surface area contributed by atoms with E-state index in [-0.39, 0.29) is 29.3 Å². The van der Waals surface area contributed by atoms with Gasteiger partial charge in [-0.15, -0.1) is 0 Å². The lowest BCUT2D eigenvalue weighted by molar-refractivity contribution is -0.136. The molecule has 2 aromatic heterocycles. The number of hydrogen-bond acceptors (Lipinski definition) is 10. The number of hydrogen-bond donors (Lipinski definition) is 2. The molecule has 0 radical (unpaired) electrons. The average Bonchev–Trinajstić information content (AvgIpc) is 3.20. The van der Waals surface area contributed by atoms with Crippen LogP contribution in [0.3, 0.4) is 0 Å². The number of anilines is 1. The van der Waals surface area contributed by atoms with Gasteiger partial charge >= 0.3 is 4.87 Å². The van der Waals surface area contributed by atoms with Gasteiger partial charge in [0.15, 0.2) is 20.2 Å². The maximum atomic E-state index is 12.9. The Balaban J connectivity index is 1.83. The van der Waals surface area contributed by atoms with E-state index in [2.05, 4.69) is 63.5 Å². The second-order valence-corrected chi connectivity index (χ2v) is 23.2. The molecule has 35 heavy (non-hydrogen) atoms. The molecule has 1 aliphatic heterocycles. The van der Waals surface area contributed by atoms with Crippen LogP contribution in [-0.4, -0.2) is 74.4 Å². The summed E-state index contributed by atoms with van der Waals surface area (Å²) in [6.45, 7) is 18.3. The summed E-state index contributed by atoms with van der Waals surface area (Å²) in [5.41, 5.74) is 6.14. The number of fused-ring (bicyclic) bond motifs is 1. The Morgan fingerprint density at radius 2 is 1.94 bits per heavy atom. The molecular weight excluding hydrogens is 505 g/mol. The molecule has 0 amide bonds. The van der Waals surface area contributed by atoms with Crippen LogP contribution >= 0.6 is 11.3 Å². The van der Waals surface area contributed by atoms with Crippen LogP contribution < -0.4 is 10.6 Å². The van der Waals surface area contributed by atoms with E-state index >= 15 is 0 Å². The summed E-state index contributed by atoms with van der Waals surface area (Å²) in [6.07, 6.45) is -1.94. The van der Waals surface area contributed by atoms with E-state index in [1.807, 2.05) is 0 Å². The lowest BCUT2D eigenvalue weighted by Gasteiger charge is -2.37. The minimum Gasteiger partial charge on any atom is -0.414 e. The van der Waals surface area contributed by atoms with Crippen LogP contribution in [0.4, 0.5) is 5.95 Å². The topological polar surface area (TPSA) is 131 Å². The van der Waals surface area contributed by atoms with Crippen LogP contribution in [0.2, 0.25) is 43.8 Å². The molecule has 3 N–H and O–H groups in total. The largest absolute Gasteiger partial charge is 0.414 e. The molecule has 0 spiro atoms. The molecule has 0 saturated carbocycles. The van der Waals surface area contributed by atoms with Crippen molar-refractivity contribution in [3.8, 4) is 0 Å². The zero-order chi connectivity index (χ0) is 26.2. The Morgan fingerprint density at radius 1 is 1.26 bits per heavy atom. The molecule has 3 rings (SSSR count). The highest BCUT2D eigenvalue weighted by molar-refractivity contribution is 7.16. The molecule has 3 heterocycles. The van der Waals surface area contributed by atoms with Gasteiger partial charge in [-0.3, -0.25) is 9.36 Å². The molecule has 4 atom stereocenters. The van der Waals surface area contributed by atoms with E-state index in [0.29, 0.717) is 17.0 Å². The summed E-state index contributed by atoms with van der Waals surface area (Å²) in [7, 11) is -3.33. The van der Waals surface area contributed by atoms with Gasteiger partial charge in [0.25, 0.3) is 0 Å². The van der Waals surface area contributed by atoms with Gasteiger partial charge in [0.1, 0.15) is 25.1 Å². The predicted molar refractivity (Wildman–Crippen MR) is 143 cm³/mol. The quantitative estimate of drug-likeness (QED) is 0.262. The van der Waals surface area contributed by atoms with Gasteiger partial charge in [-0.2, -0.15) is 4.98 Å². The maximum absolute atomic E-state index is 12.9. The molecule has 10 nitrogen and oxygen atoms in total. The van der Waals surface area contributed by atoms with Gasteiger partial charge in [0.2, 0.25) is 5.95 Å². The van der Waals surface area contributed by atoms with Crippen molar-refractivity contribution in [3.05, 3.63) is 15.9 Å². The van der Waals surface area contributed by atoms with Crippen molar-refractivity contribution in [2.75, 3.05) is 25.7 Å². The van der Waals surface area contributed by atoms with Crippen LogP contribution in [0.25, 0.3) is 10.3 Å². The Kier molecular flexibility index (Phi) is 8.64. The zero-order valence-corrected chi connectivity index (χ0v) is 24.8. The number of nitrogens with two attached hydrogens (primary N) is 1. The van der Waals surface area contributed by atoms with Gasteiger partial charge in [-0.1, -0.05) is 51.7 Å². The maximum Gasteiger partial charge on any atom is 0.311 e. The smallest absolute Gasteiger partial charge is 0.311 e. The number of aliphatic hydroxyl groups is 1. The normalized spacial score (nSPS) is 23.9. The number of nitrogens with zero attached hydrogens (tertiary/aromatic N) is 3. The molecule has 0 aromatic carbocycles. The van der Waals surface area contributed by atoms with Crippen LogP contribution in [0.5, 0.6) is 0 Å². The van der Waals surface area contributed by atoms with Gasteiger partial charge in [0.05, 0.1) is 17.5 Å². The van der Waals surface area contributed by atoms with Gasteiger partial charge in [-0.05, 0) is 24.2 Å². The summed E-state index contributed by atoms with van der Waals surface area (Å²) in [5, 5.41) is 11.2. The number of aliphatic hydroxyl groups excluding tert-OH is 1. The van der Waals surface area contributed by atoms with Crippen molar-refractivity contribution in [2.45, 2.75) is 89.1 Å². The molecule has 0 bridgehead atoms. The van der Waals surface area contributed by atoms with Crippen molar-refractivity contribution in [2.24, 2.45) is 0 Å². The summed E-state index contributed by atoms with van der Waals surface area (Å²) < 4.78 is 26.2. The average molecular weight is 545 g/mol. The minimum absolute atomic E-state index is 0.00497. The van der Waals surface area contributed by atoms with Gasteiger partial charge in [-0.25, -0.2) is 4.98 Å². The number of ether oxygens (including phenoxy) is 3. The molecule has 1 saturated heterocycles. The summed E-state index contributed by atoms with van der Waals surface area (Å²) >= 11 is 0.993. The van der Waals surface area contributed by atoms with Gasteiger partial charge < -0.3 is 29.5 Å². The summed E-state index contributed by atoms with van der Waals surface area (Å²) in [4.78, 5) is 20.9. The van der Waals surface area contributed by atoms with Crippen LogP contribution in [0, 0.1) is 0 Å². The fourth-order valence-electron chi connectivity index (χ4n) is 3.39. The zero-order valence-electron chi connectivity index (χ0n) is 22.0. The van der Waals surface area contributed by atoms with E-state index in [0.717, 1.165) is 17.4 Å². The first-order valence-corrected chi connectivity index (χ1v) is 19.3.